The Hall–Kier alpha value is -0.120. The second-order valence-corrected chi connectivity index (χ2v) is 2.64. The van der Waals surface area contributed by atoms with Crippen LogP contribution < -0.4 is 11.1 Å². The fourth-order valence-electron chi connectivity index (χ4n) is 1.11. The molecule has 1 heterocycles. The molecule has 0 aromatic carbocycles. The molecule has 0 aromatic rings. The van der Waals surface area contributed by atoms with E-state index in [9.17, 15) is 0 Å². The van der Waals surface area contributed by atoms with Crippen molar-refractivity contribution in [3.8, 4) is 0 Å². The molecule has 0 saturated carbocycles. The Morgan fingerprint density at radius 3 is 3.11 bits per heavy atom. The number of aliphatic hydroxyl groups is 1. The van der Waals surface area contributed by atoms with Crippen LogP contribution in [0.3, 0.4) is 0 Å². The lowest BCUT2D eigenvalue weighted by Gasteiger charge is -2.08. The first-order chi connectivity index (χ1) is 4.29. The Kier molecular flexibility index (Phi) is 2.45. The molecule has 0 radical (unpaired) electrons. The molecule has 1 aliphatic rings. The van der Waals surface area contributed by atoms with E-state index in [1.165, 1.54) is 0 Å². The van der Waals surface area contributed by atoms with Crippen LogP contribution in [-0.4, -0.2) is 30.3 Å². The van der Waals surface area contributed by atoms with E-state index in [1.807, 2.05) is 0 Å². The molecule has 1 rings (SSSR count). The normalized spacial score (nSPS) is 38.0. The molecular formula is C6H14N2O. The summed E-state index contributed by atoms with van der Waals surface area (Å²) >= 11 is 0. The maximum Gasteiger partial charge on any atom is 0.0567 e. The molecule has 9 heavy (non-hydrogen) atoms. The van der Waals surface area contributed by atoms with Gasteiger partial charge in [0.2, 0.25) is 0 Å². The van der Waals surface area contributed by atoms with Crippen LogP contribution in [0.5, 0.6) is 0 Å². The third-order valence-corrected chi connectivity index (χ3v) is 1.64. The number of nitrogens with two attached hydrogens (primary N) is 1. The van der Waals surface area contributed by atoms with Crippen LogP contribution >= 0.6 is 0 Å². The molecule has 2 atom stereocenters. The molecule has 1 saturated heterocycles. The summed E-state index contributed by atoms with van der Waals surface area (Å²) < 4.78 is 0. The molecule has 3 heteroatoms. The van der Waals surface area contributed by atoms with Gasteiger partial charge in [-0.3, -0.25) is 0 Å². The lowest BCUT2D eigenvalue weighted by molar-refractivity contribution is 0.156. The van der Waals surface area contributed by atoms with Crippen LogP contribution in [0.4, 0.5) is 0 Å². The van der Waals surface area contributed by atoms with Crippen molar-refractivity contribution in [1.82, 2.24) is 5.32 Å². The van der Waals surface area contributed by atoms with Gasteiger partial charge in [0.25, 0.3) is 0 Å². The highest BCUT2D eigenvalue weighted by atomic mass is 16.3. The molecule has 0 spiro atoms. The van der Waals surface area contributed by atoms with E-state index in [0.29, 0.717) is 0 Å². The lowest BCUT2D eigenvalue weighted by atomic mass is 10.1. The average molecular weight is 130 g/mol. The molecular weight excluding hydrogens is 116 g/mol. The van der Waals surface area contributed by atoms with Crippen molar-refractivity contribution >= 4 is 0 Å². The summed E-state index contributed by atoms with van der Waals surface area (Å²) in [5.41, 5.74) is 5.60. The average Bonchev–Trinajstić information content (AvgIpc) is 1.93. The Morgan fingerprint density at radius 2 is 2.33 bits per heavy atom. The number of aliphatic hydroxyl groups excluding tert-OH is 1. The quantitative estimate of drug-likeness (QED) is 0.396. The van der Waals surface area contributed by atoms with Gasteiger partial charge >= 0.3 is 0 Å². The Balaban J connectivity index is 2.29. The Labute approximate surface area is 55.2 Å². The summed E-state index contributed by atoms with van der Waals surface area (Å²) in [5.74, 6) is 0. The SMILES string of the molecule is NC1CNCCC(O)C1. The fourth-order valence-corrected chi connectivity index (χ4v) is 1.11. The maximum absolute atomic E-state index is 9.14. The van der Waals surface area contributed by atoms with E-state index in [-0.39, 0.29) is 12.1 Å². The van der Waals surface area contributed by atoms with Crippen molar-refractivity contribution in [2.75, 3.05) is 13.1 Å². The third kappa shape index (κ3) is 2.30. The van der Waals surface area contributed by atoms with Gasteiger partial charge in [0.05, 0.1) is 6.10 Å². The zero-order valence-corrected chi connectivity index (χ0v) is 5.51. The molecule has 2 unspecified atom stereocenters. The van der Waals surface area contributed by atoms with Crippen molar-refractivity contribution in [1.29, 1.82) is 0 Å². The fraction of sp³-hybridized carbons (Fsp3) is 1.00. The van der Waals surface area contributed by atoms with Crippen LogP contribution in [0, 0.1) is 0 Å². The molecule has 4 N–H and O–H groups in total. The molecule has 0 aromatic heterocycles. The standard InChI is InChI=1S/C6H14N2O/c7-5-3-6(9)1-2-8-4-5/h5-6,8-9H,1-4,7H2. The minimum Gasteiger partial charge on any atom is -0.393 e. The molecule has 0 bridgehead atoms. The zero-order valence-electron chi connectivity index (χ0n) is 5.51. The summed E-state index contributed by atoms with van der Waals surface area (Å²) in [6.45, 7) is 1.74. The van der Waals surface area contributed by atoms with Gasteiger partial charge in [0, 0.05) is 12.6 Å². The summed E-state index contributed by atoms with van der Waals surface area (Å²) in [6.07, 6.45) is 1.40. The van der Waals surface area contributed by atoms with Gasteiger partial charge in [-0.1, -0.05) is 0 Å². The number of nitrogens with one attached hydrogen (secondary N) is 1. The van der Waals surface area contributed by atoms with Gasteiger partial charge in [-0.05, 0) is 19.4 Å². The first-order valence-electron chi connectivity index (χ1n) is 3.43. The summed E-state index contributed by atoms with van der Waals surface area (Å²) in [7, 11) is 0. The topological polar surface area (TPSA) is 58.3 Å². The highest BCUT2D eigenvalue weighted by molar-refractivity contribution is 4.74. The molecule has 1 aliphatic heterocycles. The summed E-state index contributed by atoms with van der Waals surface area (Å²) in [5, 5.41) is 12.3. The highest BCUT2D eigenvalue weighted by Crippen LogP contribution is 2.02. The van der Waals surface area contributed by atoms with E-state index < -0.39 is 0 Å². The van der Waals surface area contributed by atoms with Crippen molar-refractivity contribution in [3.05, 3.63) is 0 Å². The van der Waals surface area contributed by atoms with Crippen LogP contribution in [0.25, 0.3) is 0 Å². The zero-order chi connectivity index (χ0) is 6.69. The first kappa shape index (κ1) is 6.99. The highest BCUT2D eigenvalue weighted by Gasteiger charge is 2.13. The van der Waals surface area contributed by atoms with Crippen LogP contribution in [0.2, 0.25) is 0 Å². The smallest absolute Gasteiger partial charge is 0.0567 e. The first-order valence-corrected chi connectivity index (χ1v) is 3.43. The minimum absolute atomic E-state index is 0.141. The number of hydrogen-bond acceptors (Lipinski definition) is 3. The molecule has 54 valence electrons. The molecule has 3 nitrogen and oxygen atoms in total. The van der Waals surface area contributed by atoms with Gasteiger partial charge in [-0.25, -0.2) is 0 Å². The van der Waals surface area contributed by atoms with Crippen molar-refractivity contribution in [2.24, 2.45) is 5.73 Å². The van der Waals surface area contributed by atoms with Gasteiger partial charge in [0.15, 0.2) is 0 Å². The Morgan fingerprint density at radius 1 is 1.56 bits per heavy atom. The summed E-state index contributed by atoms with van der Waals surface area (Å²) in [4.78, 5) is 0. The predicted molar refractivity (Wildman–Crippen MR) is 36.1 cm³/mol. The van der Waals surface area contributed by atoms with E-state index >= 15 is 0 Å². The predicted octanol–water partition coefficient (Wildman–Crippen LogP) is -0.942. The Bertz CT molecular complexity index is 77.1. The minimum atomic E-state index is -0.185. The molecule has 0 amide bonds. The monoisotopic (exact) mass is 130 g/mol. The molecule has 0 aliphatic carbocycles. The van der Waals surface area contributed by atoms with E-state index in [1.54, 1.807) is 0 Å². The van der Waals surface area contributed by atoms with Crippen molar-refractivity contribution in [3.63, 3.8) is 0 Å². The van der Waals surface area contributed by atoms with E-state index in [2.05, 4.69) is 5.32 Å². The largest absolute Gasteiger partial charge is 0.393 e. The van der Waals surface area contributed by atoms with Crippen LogP contribution in [0.1, 0.15) is 12.8 Å². The second-order valence-electron chi connectivity index (χ2n) is 2.64. The van der Waals surface area contributed by atoms with Gasteiger partial charge in [-0.15, -0.1) is 0 Å². The van der Waals surface area contributed by atoms with Gasteiger partial charge < -0.3 is 16.2 Å². The lowest BCUT2D eigenvalue weighted by Crippen LogP contribution is -2.32. The van der Waals surface area contributed by atoms with Crippen LogP contribution in [-0.2, 0) is 0 Å². The second kappa shape index (κ2) is 3.15. The van der Waals surface area contributed by atoms with Gasteiger partial charge in [-0.2, -0.15) is 0 Å². The molecule has 1 fully saturated rings. The van der Waals surface area contributed by atoms with Gasteiger partial charge in [0.1, 0.15) is 0 Å². The maximum atomic E-state index is 9.14. The number of rotatable bonds is 0. The third-order valence-electron chi connectivity index (χ3n) is 1.64. The van der Waals surface area contributed by atoms with E-state index in [4.69, 9.17) is 10.8 Å². The van der Waals surface area contributed by atoms with Crippen LogP contribution in [0.15, 0.2) is 0 Å². The van der Waals surface area contributed by atoms with Crippen molar-refractivity contribution in [2.45, 2.75) is 25.0 Å². The summed E-state index contributed by atoms with van der Waals surface area (Å²) in [6, 6.07) is 0.141. The number of hydrogen-bond donors (Lipinski definition) is 3. The van der Waals surface area contributed by atoms with E-state index in [0.717, 1.165) is 25.9 Å². The van der Waals surface area contributed by atoms with Crippen molar-refractivity contribution < 1.29 is 5.11 Å².